The fourth-order valence-corrected chi connectivity index (χ4v) is 2.37. The Bertz CT molecular complexity index is 943. The van der Waals surface area contributed by atoms with Gasteiger partial charge in [0.15, 0.2) is 11.5 Å². The van der Waals surface area contributed by atoms with Crippen LogP contribution in [0, 0.1) is 11.3 Å². The van der Waals surface area contributed by atoms with Crippen LogP contribution in [-0.2, 0) is 6.42 Å². The van der Waals surface area contributed by atoms with E-state index in [0.717, 1.165) is 12.1 Å². The topological polar surface area (TPSA) is 90.7 Å². The number of benzene rings is 2. The van der Waals surface area contributed by atoms with Gasteiger partial charge < -0.3 is 10.6 Å². The van der Waals surface area contributed by atoms with Crippen LogP contribution >= 0.6 is 0 Å². The molecule has 0 atom stereocenters. The first-order valence-electron chi connectivity index (χ1n) is 8.20. The number of aromatic nitrogens is 2. The number of para-hydroxylation sites is 1. The first-order chi connectivity index (χ1) is 12.7. The molecule has 2 N–H and O–H groups in total. The van der Waals surface area contributed by atoms with E-state index in [2.05, 4.69) is 27.8 Å². The van der Waals surface area contributed by atoms with Crippen LogP contribution in [0.15, 0.2) is 60.7 Å². The van der Waals surface area contributed by atoms with Crippen molar-refractivity contribution < 1.29 is 4.79 Å². The summed E-state index contributed by atoms with van der Waals surface area (Å²) in [5.74, 6) is 0.127. The number of hydrogen-bond donors (Lipinski definition) is 2. The zero-order chi connectivity index (χ0) is 18.4. The summed E-state index contributed by atoms with van der Waals surface area (Å²) in [4.78, 5) is 12.3. The molecule has 1 amide bonds. The predicted octanol–water partition coefficient (Wildman–Crippen LogP) is 3.91. The van der Waals surface area contributed by atoms with Crippen LogP contribution in [0.2, 0.25) is 0 Å². The van der Waals surface area contributed by atoms with E-state index in [1.54, 1.807) is 36.4 Å². The highest BCUT2D eigenvalue weighted by Gasteiger charge is 2.11. The van der Waals surface area contributed by atoms with Crippen LogP contribution in [0.1, 0.15) is 28.5 Å². The zero-order valence-electron chi connectivity index (χ0n) is 14.2. The minimum absolute atomic E-state index is 0.171. The fourth-order valence-electron chi connectivity index (χ4n) is 2.37. The lowest BCUT2D eigenvalue weighted by atomic mass is 10.1. The average Bonchev–Trinajstić information content (AvgIpc) is 2.69. The van der Waals surface area contributed by atoms with Crippen molar-refractivity contribution in [2.24, 2.45) is 0 Å². The predicted molar refractivity (Wildman–Crippen MR) is 100 cm³/mol. The molecule has 1 heterocycles. The van der Waals surface area contributed by atoms with Gasteiger partial charge in [-0.1, -0.05) is 31.2 Å². The Balaban J connectivity index is 1.68. The number of carbonyl (C=O) groups is 1. The van der Waals surface area contributed by atoms with E-state index in [9.17, 15) is 4.79 Å². The molecule has 6 nitrogen and oxygen atoms in total. The Hall–Kier alpha value is -3.72. The molecule has 0 saturated carbocycles. The molecule has 128 valence electrons. The second-order valence-electron chi connectivity index (χ2n) is 5.59. The summed E-state index contributed by atoms with van der Waals surface area (Å²) >= 11 is 0. The van der Waals surface area contributed by atoms with Gasteiger partial charge in [0, 0.05) is 5.69 Å². The summed E-state index contributed by atoms with van der Waals surface area (Å²) in [6.07, 6.45) is 0.985. The molecule has 2 aromatic carbocycles. The highest BCUT2D eigenvalue weighted by atomic mass is 16.1. The SMILES string of the molecule is CCc1ccc(Nc2ccc(C(=O)Nc3ccccc3C#N)nn2)cc1. The van der Waals surface area contributed by atoms with E-state index in [4.69, 9.17) is 5.26 Å². The third kappa shape index (κ3) is 4.02. The molecule has 0 unspecified atom stereocenters. The van der Waals surface area contributed by atoms with E-state index >= 15 is 0 Å². The van der Waals surface area contributed by atoms with Gasteiger partial charge in [-0.25, -0.2) is 0 Å². The van der Waals surface area contributed by atoms with Gasteiger partial charge >= 0.3 is 0 Å². The first kappa shape index (κ1) is 17.1. The molecule has 26 heavy (non-hydrogen) atoms. The molecule has 3 rings (SSSR count). The van der Waals surface area contributed by atoms with Crippen LogP contribution in [0.3, 0.4) is 0 Å². The number of aryl methyl sites for hydroxylation is 1. The van der Waals surface area contributed by atoms with Crippen molar-refractivity contribution in [2.45, 2.75) is 13.3 Å². The lowest BCUT2D eigenvalue weighted by Crippen LogP contribution is -2.15. The molecular formula is C20H17N5O. The summed E-state index contributed by atoms with van der Waals surface area (Å²) in [7, 11) is 0. The summed E-state index contributed by atoms with van der Waals surface area (Å²) in [6.45, 7) is 2.10. The number of anilines is 3. The first-order valence-corrected chi connectivity index (χ1v) is 8.20. The van der Waals surface area contributed by atoms with E-state index in [0.29, 0.717) is 17.1 Å². The molecule has 0 bridgehead atoms. The third-order valence-electron chi connectivity index (χ3n) is 3.83. The van der Waals surface area contributed by atoms with Crippen molar-refractivity contribution in [1.82, 2.24) is 10.2 Å². The number of carbonyl (C=O) groups excluding carboxylic acids is 1. The van der Waals surface area contributed by atoms with Gasteiger partial charge in [0.1, 0.15) is 6.07 Å². The summed E-state index contributed by atoms with van der Waals surface area (Å²) in [5.41, 5.74) is 3.16. The minimum atomic E-state index is -0.418. The van der Waals surface area contributed by atoms with E-state index in [1.807, 2.05) is 30.3 Å². The molecule has 0 saturated heterocycles. The molecule has 0 spiro atoms. The second kappa shape index (κ2) is 7.90. The maximum Gasteiger partial charge on any atom is 0.276 e. The Kier molecular flexibility index (Phi) is 5.20. The summed E-state index contributed by atoms with van der Waals surface area (Å²) in [6, 6.07) is 20.1. The number of rotatable bonds is 5. The summed E-state index contributed by atoms with van der Waals surface area (Å²) in [5, 5.41) is 22.9. The Morgan fingerprint density at radius 2 is 1.81 bits per heavy atom. The highest BCUT2D eigenvalue weighted by Crippen LogP contribution is 2.17. The molecule has 0 aliphatic rings. The van der Waals surface area contributed by atoms with Crippen LogP contribution in [0.5, 0.6) is 0 Å². The van der Waals surface area contributed by atoms with Gasteiger partial charge in [0.05, 0.1) is 11.3 Å². The van der Waals surface area contributed by atoms with Crippen molar-refractivity contribution in [3.05, 3.63) is 77.5 Å². The number of nitriles is 1. The third-order valence-corrected chi connectivity index (χ3v) is 3.83. The van der Waals surface area contributed by atoms with Gasteiger partial charge in [-0.15, -0.1) is 10.2 Å². The van der Waals surface area contributed by atoms with Gasteiger partial charge in [0.2, 0.25) is 0 Å². The normalized spacial score (nSPS) is 10.0. The van der Waals surface area contributed by atoms with Crippen LogP contribution in [0.4, 0.5) is 17.2 Å². The molecule has 0 aliphatic heterocycles. The van der Waals surface area contributed by atoms with Gasteiger partial charge in [-0.05, 0) is 48.4 Å². The fraction of sp³-hybridized carbons (Fsp3) is 0.100. The number of nitrogens with one attached hydrogen (secondary N) is 2. The molecule has 3 aromatic rings. The van der Waals surface area contributed by atoms with Crippen LogP contribution < -0.4 is 10.6 Å². The maximum absolute atomic E-state index is 12.3. The van der Waals surface area contributed by atoms with Gasteiger partial charge in [-0.2, -0.15) is 5.26 Å². The largest absolute Gasteiger partial charge is 0.339 e. The molecular weight excluding hydrogens is 326 g/mol. The lowest BCUT2D eigenvalue weighted by Gasteiger charge is -2.08. The monoisotopic (exact) mass is 343 g/mol. The molecule has 1 aromatic heterocycles. The van der Waals surface area contributed by atoms with E-state index < -0.39 is 5.91 Å². The maximum atomic E-state index is 12.3. The molecule has 0 aliphatic carbocycles. The standard InChI is InChI=1S/C20H17N5O/c1-2-14-7-9-16(10-8-14)22-19-12-11-18(24-25-19)20(26)23-17-6-4-3-5-15(17)13-21/h3-12H,2H2,1H3,(H,22,25)(H,23,26). The van der Waals surface area contributed by atoms with Crippen molar-refractivity contribution >= 4 is 23.1 Å². The molecule has 6 heteroatoms. The lowest BCUT2D eigenvalue weighted by molar-refractivity contribution is 0.102. The zero-order valence-corrected chi connectivity index (χ0v) is 14.2. The molecule has 0 radical (unpaired) electrons. The van der Waals surface area contributed by atoms with E-state index in [-0.39, 0.29) is 5.69 Å². The average molecular weight is 343 g/mol. The number of nitrogens with zero attached hydrogens (tertiary/aromatic N) is 3. The van der Waals surface area contributed by atoms with Crippen molar-refractivity contribution in [3.8, 4) is 6.07 Å². The smallest absolute Gasteiger partial charge is 0.276 e. The molecule has 0 fully saturated rings. The quantitative estimate of drug-likeness (QED) is 0.733. The van der Waals surface area contributed by atoms with Gasteiger partial charge in [-0.3, -0.25) is 4.79 Å². The Labute approximate surface area is 151 Å². The Morgan fingerprint density at radius 1 is 1.04 bits per heavy atom. The van der Waals surface area contributed by atoms with Crippen molar-refractivity contribution in [1.29, 1.82) is 5.26 Å². The Morgan fingerprint density at radius 3 is 2.46 bits per heavy atom. The van der Waals surface area contributed by atoms with Crippen LogP contribution in [0.25, 0.3) is 0 Å². The number of hydrogen-bond acceptors (Lipinski definition) is 5. The van der Waals surface area contributed by atoms with Crippen molar-refractivity contribution in [3.63, 3.8) is 0 Å². The minimum Gasteiger partial charge on any atom is -0.339 e. The second-order valence-corrected chi connectivity index (χ2v) is 5.59. The van der Waals surface area contributed by atoms with Crippen LogP contribution in [-0.4, -0.2) is 16.1 Å². The number of amides is 1. The highest BCUT2D eigenvalue weighted by molar-refractivity contribution is 6.03. The van der Waals surface area contributed by atoms with Crippen molar-refractivity contribution in [2.75, 3.05) is 10.6 Å². The van der Waals surface area contributed by atoms with E-state index in [1.165, 1.54) is 5.56 Å². The summed E-state index contributed by atoms with van der Waals surface area (Å²) < 4.78 is 0. The van der Waals surface area contributed by atoms with Gasteiger partial charge in [0.25, 0.3) is 5.91 Å².